The van der Waals surface area contributed by atoms with E-state index in [2.05, 4.69) is 0 Å². The normalized spacial score (nSPS) is 12.4. The molecule has 170 valence electrons. The fourth-order valence-corrected chi connectivity index (χ4v) is 4.50. The van der Waals surface area contributed by atoms with Crippen LogP contribution < -0.4 is 14.2 Å². The van der Waals surface area contributed by atoms with Crippen LogP contribution in [0, 0.1) is 0 Å². The molecule has 0 saturated heterocycles. The minimum atomic E-state index is -1.09. The Kier molecular flexibility index (Phi) is 7.25. The van der Waals surface area contributed by atoms with Gasteiger partial charge in [0.05, 0.1) is 10.0 Å². The average molecular weight is 526 g/mol. The zero-order valence-electron chi connectivity index (χ0n) is 16.9. The Morgan fingerprint density at radius 3 is 2.42 bits per heavy atom. The Hall–Kier alpha value is -2.57. The van der Waals surface area contributed by atoms with Gasteiger partial charge in [0.1, 0.15) is 6.61 Å². The quantitative estimate of drug-likeness (QED) is 0.328. The number of carboxylic acids is 1. The molecule has 3 aromatic carbocycles. The molecular weight excluding hydrogens is 510 g/mol. The molecule has 0 radical (unpaired) electrons. The van der Waals surface area contributed by atoms with Gasteiger partial charge in [0, 0.05) is 21.7 Å². The van der Waals surface area contributed by atoms with Crippen molar-refractivity contribution in [1.29, 1.82) is 0 Å². The second-order valence-corrected chi connectivity index (χ2v) is 8.69. The summed E-state index contributed by atoms with van der Waals surface area (Å²) in [4.78, 5) is 11.1. The van der Waals surface area contributed by atoms with Crippen molar-refractivity contribution in [2.45, 2.75) is 13.0 Å². The van der Waals surface area contributed by atoms with E-state index >= 15 is 0 Å². The van der Waals surface area contributed by atoms with Gasteiger partial charge in [-0.1, -0.05) is 58.5 Å². The van der Waals surface area contributed by atoms with Crippen LogP contribution in [-0.2, 0) is 17.8 Å². The minimum Gasteiger partial charge on any atom is -0.486 e. The molecule has 0 bridgehead atoms. The van der Waals surface area contributed by atoms with Crippen molar-refractivity contribution in [2.24, 2.45) is 0 Å². The lowest BCUT2D eigenvalue weighted by Crippen LogP contribution is -2.02. The molecular formula is C24H16Cl4O5. The molecule has 9 heteroatoms. The second kappa shape index (κ2) is 10.1. The molecule has 0 fully saturated rings. The van der Waals surface area contributed by atoms with Crippen molar-refractivity contribution in [3.63, 3.8) is 0 Å². The zero-order valence-corrected chi connectivity index (χ0v) is 19.9. The van der Waals surface area contributed by atoms with Crippen LogP contribution in [0.5, 0.6) is 17.2 Å². The maximum Gasteiger partial charge on any atom is 0.328 e. The van der Waals surface area contributed by atoms with E-state index in [1.54, 1.807) is 24.3 Å². The van der Waals surface area contributed by atoms with Crippen LogP contribution in [0.4, 0.5) is 0 Å². The van der Waals surface area contributed by atoms with Gasteiger partial charge in [-0.15, -0.1) is 0 Å². The first kappa shape index (κ1) is 23.6. The molecule has 4 rings (SSSR count). The number of ether oxygens (including phenoxy) is 3. The molecule has 0 aromatic heterocycles. The third-order valence-corrected chi connectivity index (χ3v) is 6.35. The van der Waals surface area contributed by atoms with E-state index in [-0.39, 0.29) is 29.2 Å². The summed E-state index contributed by atoms with van der Waals surface area (Å²) in [6, 6.07) is 12.3. The highest BCUT2D eigenvalue weighted by atomic mass is 35.5. The Morgan fingerprint density at radius 2 is 1.70 bits per heavy atom. The molecule has 0 unspecified atom stereocenters. The van der Waals surface area contributed by atoms with Gasteiger partial charge in [0.2, 0.25) is 6.79 Å². The number of benzene rings is 3. The van der Waals surface area contributed by atoms with E-state index in [1.165, 1.54) is 6.08 Å². The van der Waals surface area contributed by atoms with Gasteiger partial charge in [-0.3, -0.25) is 0 Å². The van der Waals surface area contributed by atoms with Crippen LogP contribution in [0.3, 0.4) is 0 Å². The Bertz CT molecular complexity index is 1240. The van der Waals surface area contributed by atoms with Crippen LogP contribution in [0.15, 0.2) is 48.5 Å². The van der Waals surface area contributed by atoms with Crippen LogP contribution in [-0.4, -0.2) is 17.9 Å². The summed E-state index contributed by atoms with van der Waals surface area (Å²) in [5, 5.41) is 10.5. The van der Waals surface area contributed by atoms with Gasteiger partial charge in [-0.25, -0.2) is 4.79 Å². The maximum atomic E-state index is 11.1. The van der Waals surface area contributed by atoms with Gasteiger partial charge >= 0.3 is 5.97 Å². The summed E-state index contributed by atoms with van der Waals surface area (Å²) in [6.07, 6.45) is 2.83. The topological polar surface area (TPSA) is 65.0 Å². The molecule has 3 aromatic rings. The number of carboxylic acid groups (broad SMARTS) is 1. The Balaban J connectivity index is 1.71. The smallest absolute Gasteiger partial charge is 0.328 e. The summed E-state index contributed by atoms with van der Waals surface area (Å²) in [5.74, 6) is 0.445. The predicted molar refractivity (Wildman–Crippen MR) is 129 cm³/mol. The largest absolute Gasteiger partial charge is 0.486 e. The van der Waals surface area contributed by atoms with Gasteiger partial charge in [0.25, 0.3) is 0 Å². The molecule has 5 nitrogen and oxygen atoms in total. The van der Waals surface area contributed by atoms with Crippen LogP contribution in [0.25, 0.3) is 6.08 Å². The molecule has 0 amide bonds. The van der Waals surface area contributed by atoms with Gasteiger partial charge in [0.15, 0.2) is 17.2 Å². The highest BCUT2D eigenvalue weighted by Crippen LogP contribution is 2.41. The number of fused-ring (bicyclic) bond motifs is 1. The lowest BCUT2D eigenvalue weighted by atomic mass is 9.98. The van der Waals surface area contributed by atoms with Crippen molar-refractivity contribution in [3.8, 4) is 17.2 Å². The number of aliphatic carboxylic acids is 1. The van der Waals surface area contributed by atoms with E-state index in [1.807, 2.05) is 18.2 Å². The monoisotopic (exact) mass is 524 g/mol. The highest BCUT2D eigenvalue weighted by Gasteiger charge is 2.20. The van der Waals surface area contributed by atoms with Crippen molar-refractivity contribution in [2.75, 3.05) is 6.79 Å². The van der Waals surface area contributed by atoms with Crippen molar-refractivity contribution < 1.29 is 24.1 Å². The number of rotatable bonds is 7. The fraction of sp³-hybridized carbons (Fsp3) is 0.125. The molecule has 1 aliphatic heterocycles. The number of carbonyl (C=O) groups is 1. The summed E-state index contributed by atoms with van der Waals surface area (Å²) >= 11 is 25.7. The number of hydrogen-bond donors (Lipinski definition) is 1. The Morgan fingerprint density at radius 1 is 0.970 bits per heavy atom. The zero-order chi connectivity index (χ0) is 23.5. The number of hydrogen-bond acceptors (Lipinski definition) is 4. The van der Waals surface area contributed by atoms with Crippen LogP contribution in [0.1, 0.15) is 22.3 Å². The highest BCUT2D eigenvalue weighted by molar-refractivity contribution is 6.38. The van der Waals surface area contributed by atoms with Gasteiger partial charge in [-0.2, -0.15) is 0 Å². The summed E-state index contributed by atoms with van der Waals surface area (Å²) in [7, 11) is 0. The predicted octanol–water partition coefficient (Wildman–Crippen LogP) is 7.30. The molecule has 0 saturated carbocycles. The standard InChI is InChI=1S/C24H16Cl4O5/c25-17-2-1-3-18(26)16(17)11-31-24-19(27)10-14(5-7-22(29)30)15(23(24)28)8-13-4-6-20-21(9-13)33-12-32-20/h1-7,9-10H,8,11-12H2,(H,29,30)/b7-5+. The van der Waals surface area contributed by atoms with E-state index in [9.17, 15) is 4.79 Å². The van der Waals surface area contributed by atoms with Crippen molar-refractivity contribution >= 4 is 58.4 Å². The molecule has 33 heavy (non-hydrogen) atoms. The molecule has 1 aliphatic rings. The molecule has 0 aliphatic carbocycles. The first-order chi connectivity index (χ1) is 15.8. The first-order valence-corrected chi connectivity index (χ1v) is 11.2. The average Bonchev–Trinajstić information content (AvgIpc) is 3.24. The van der Waals surface area contributed by atoms with E-state index in [0.29, 0.717) is 44.7 Å². The lowest BCUT2D eigenvalue weighted by Gasteiger charge is -2.17. The van der Waals surface area contributed by atoms with Gasteiger partial charge in [-0.05, 0) is 59.5 Å². The molecule has 0 spiro atoms. The minimum absolute atomic E-state index is 0.0473. The Labute approximate surface area is 210 Å². The third-order valence-electron chi connectivity index (χ3n) is 4.96. The fourth-order valence-electron chi connectivity index (χ4n) is 3.35. The summed E-state index contributed by atoms with van der Waals surface area (Å²) in [5.41, 5.74) is 2.67. The van der Waals surface area contributed by atoms with Gasteiger partial charge < -0.3 is 19.3 Å². The molecule has 1 heterocycles. The second-order valence-electron chi connectivity index (χ2n) is 7.09. The molecule has 0 atom stereocenters. The summed E-state index contributed by atoms with van der Waals surface area (Å²) in [6.45, 7) is 0.210. The van der Waals surface area contributed by atoms with E-state index < -0.39 is 5.97 Å². The van der Waals surface area contributed by atoms with Crippen molar-refractivity contribution in [3.05, 3.63) is 90.9 Å². The summed E-state index contributed by atoms with van der Waals surface area (Å²) < 4.78 is 16.7. The van der Waals surface area contributed by atoms with Crippen LogP contribution >= 0.6 is 46.4 Å². The SMILES string of the molecule is O=C(O)/C=C/c1cc(Cl)c(OCc2c(Cl)cccc2Cl)c(Cl)c1Cc1ccc2c(c1)OCO2. The van der Waals surface area contributed by atoms with Crippen molar-refractivity contribution in [1.82, 2.24) is 0 Å². The van der Waals surface area contributed by atoms with Crippen LogP contribution in [0.2, 0.25) is 20.1 Å². The van der Waals surface area contributed by atoms with E-state index in [0.717, 1.165) is 11.6 Å². The van der Waals surface area contributed by atoms with E-state index in [4.69, 9.17) is 65.7 Å². The first-order valence-electron chi connectivity index (χ1n) is 9.69. The third kappa shape index (κ3) is 5.33. The number of halogens is 4. The molecule has 1 N–H and O–H groups in total. The maximum absolute atomic E-state index is 11.1. The lowest BCUT2D eigenvalue weighted by molar-refractivity contribution is -0.131.